The van der Waals surface area contributed by atoms with Crippen molar-refractivity contribution in [2.75, 3.05) is 0 Å². The van der Waals surface area contributed by atoms with Crippen molar-refractivity contribution in [3.8, 4) is 10.7 Å². The second-order valence-corrected chi connectivity index (χ2v) is 4.47. The van der Waals surface area contributed by atoms with Crippen LogP contribution in [0.5, 0.6) is 0 Å². The average Bonchev–Trinajstić information content (AvgIpc) is 2.86. The molecule has 0 aromatic carbocycles. The quantitative estimate of drug-likeness (QED) is 0.894. The lowest BCUT2D eigenvalue weighted by Crippen LogP contribution is -1.96. The first-order valence-corrected chi connectivity index (χ1v) is 5.80. The van der Waals surface area contributed by atoms with E-state index in [0.29, 0.717) is 17.2 Å². The number of halogens is 1. The van der Waals surface area contributed by atoms with E-state index in [-0.39, 0.29) is 18.1 Å². The van der Waals surface area contributed by atoms with Gasteiger partial charge in [-0.1, -0.05) is 0 Å². The highest BCUT2D eigenvalue weighted by molar-refractivity contribution is 7.14. The van der Waals surface area contributed by atoms with E-state index in [0.717, 1.165) is 5.01 Å². The number of aromatic nitrogens is 2. The van der Waals surface area contributed by atoms with Crippen LogP contribution in [0.1, 0.15) is 15.5 Å². The molecule has 0 aliphatic rings. The first-order chi connectivity index (χ1) is 7.20. The molecule has 0 saturated heterocycles. The Bertz CT molecular complexity index is 497. The number of aromatic carboxylic acids is 1. The largest absolute Gasteiger partial charge is 0.476 e. The van der Waals surface area contributed by atoms with E-state index in [1.807, 2.05) is 5.38 Å². The molecule has 0 aliphatic heterocycles. The normalized spacial score (nSPS) is 9.81. The Morgan fingerprint density at radius 2 is 2.12 bits per heavy atom. The third kappa shape index (κ3) is 2.56. The third-order valence-corrected chi connectivity index (χ3v) is 3.40. The minimum atomic E-state index is -1.02. The summed E-state index contributed by atoms with van der Waals surface area (Å²) in [5.74, 6) is -1.02. The maximum absolute atomic E-state index is 10.6. The van der Waals surface area contributed by atoms with Gasteiger partial charge in [0.1, 0.15) is 15.7 Å². The summed E-state index contributed by atoms with van der Waals surface area (Å²) in [6.45, 7) is 0.391. The zero-order valence-corrected chi connectivity index (χ0v) is 10.4. The highest BCUT2D eigenvalue weighted by Gasteiger charge is 2.12. The van der Waals surface area contributed by atoms with Crippen LogP contribution in [0, 0.1) is 0 Å². The van der Waals surface area contributed by atoms with Crippen LogP contribution in [0.3, 0.4) is 0 Å². The molecule has 3 N–H and O–H groups in total. The Hall–Kier alpha value is -1.02. The number of nitrogens with two attached hydrogens (primary N) is 1. The second kappa shape index (κ2) is 5.35. The number of carbonyl (C=O) groups is 1. The Morgan fingerprint density at radius 1 is 1.38 bits per heavy atom. The van der Waals surface area contributed by atoms with Crippen molar-refractivity contribution < 1.29 is 9.90 Å². The van der Waals surface area contributed by atoms with Crippen LogP contribution in [-0.4, -0.2) is 21.0 Å². The summed E-state index contributed by atoms with van der Waals surface area (Å²) in [4.78, 5) is 18.8. The summed E-state index contributed by atoms with van der Waals surface area (Å²) >= 11 is 2.71. The molecule has 5 nitrogen and oxygen atoms in total. The predicted molar refractivity (Wildman–Crippen MR) is 65.3 cm³/mol. The fourth-order valence-corrected chi connectivity index (χ4v) is 2.48. The molecule has 0 radical (unpaired) electrons. The molecule has 2 heterocycles. The summed E-state index contributed by atoms with van der Waals surface area (Å²) in [7, 11) is 0. The van der Waals surface area contributed by atoms with Gasteiger partial charge in [-0.3, -0.25) is 0 Å². The summed E-state index contributed by atoms with van der Waals surface area (Å²) in [6.07, 6.45) is 0. The summed E-state index contributed by atoms with van der Waals surface area (Å²) in [5, 5.41) is 13.5. The molecule has 86 valence electrons. The van der Waals surface area contributed by atoms with Crippen LogP contribution in [0.2, 0.25) is 0 Å². The first-order valence-electron chi connectivity index (χ1n) is 4.04. The molecule has 2 aromatic rings. The Labute approximate surface area is 105 Å². The maximum Gasteiger partial charge on any atom is 0.355 e. The van der Waals surface area contributed by atoms with E-state index in [2.05, 4.69) is 9.97 Å². The molecule has 0 unspecified atom stereocenters. The zero-order valence-electron chi connectivity index (χ0n) is 7.91. The molecule has 0 fully saturated rings. The molecular formula is C8H8ClN3O2S2. The highest BCUT2D eigenvalue weighted by Crippen LogP contribution is 2.25. The molecule has 16 heavy (non-hydrogen) atoms. The van der Waals surface area contributed by atoms with E-state index in [1.165, 1.54) is 28.1 Å². The van der Waals surface area contributed by atoms with Crippen molar-refractivity contribution >= 4 is 41.0 Å². The van der Waals surface area contributed by atoms with Gasteiger partial charge in [0.05, 0.1) is 0 Å². The minimum Gasteiger partial charge on any atom is -0.476 e. The van der Waals surface area contributed by atoms with Crippen molar-refractivity contribution in [2.24, 2.45) is 5.73 Å². The summed E-state index contributed by atoms with van der Waals surface area (Å²) in [6, 6.07) is 0. The van der Waals surface area contributed by atoms with E-state index in [9.17, 15) is 4.79 Å². The molecule has 0 bridgehead atoms. The van der Waals surface area contributed by atoms with E-state index >= 15 is 0 Å². The number of carboxylic acids is 1. The maximum atomic E-state index is 10.6. The molecule has 2 aromatic heterocycles. The van der Waals surface area contributed by atoms with Gasteiger partial charge in [0.15, 0.2) is 5.69 Å². The fourth-order valence-electron chi connectivity index (χ4n) is 0.992. The Morgan fingerprint density at radius 3 is 2.62 bits per heavy atom. The van der Waals surface area contributed by atoms with Crippen LogP contribution < -0.4 is 5.73 Å². The monoisotopic (exact) mass is 277 g/mol. The molecular weight excluding hydrogens is 270 g/mol. The van der Waals surface area contributed by atoms with Crippen molar-refractivity contribution in [2.45, 2.75) is 6.54 Å². The molecule has 0 amide bonds. The van der Waals surface area contributed by atoms with Crippen LogP contribution >= 0.6 is 35.1 Å². The lowest BCUT2D eigenvalue weighted by Gasteiger charge is -1.87. The van der Waals surface area contributed by atoms with Gasteiger partial charge in [-0.2, -0.15) is 0 Å². The molecule has 2 rings (SSSR count). The highest BCUT2D eigenvalue weighted by atomic mass is 35.5. The predicted octanol–water partition coefficient (Wildman–Crippen LogP) is 1.85. The number of hydrogen-bond acceptors (Lipinski definition) is 6. The lowest BCUT2D eigenvalue weighted by atomic mass is 10.5. The van der Waals surface area contributed by atoms with Crippen molar-refractivity contribution in [3.63, 3.8) is 0 Å². The summed E-state index contributed by atoms with van der Waals surface area (Å²) < 4.78 is 0. The third-order valence-electron chi connectivity index (χ3n) is 1.67. The average molecular weight is 278 g/mol. The Kier molecular flexibility index (Phi) is 4.36. The van der Waals surface area contributed by atoms with Crippen molar-refractivity contribution in [1.82, 2.24) is 9.97 Å². The first kappa shape index (κ1) is 13.0. The van der Waals surface area contributed by atoms with Crippen molar-refractivity contribution in [3.05, 3.63) is 21.5 Å². The Balaban J connectivity index is 0.00000128. The van der Waals surface area contributed by atoms with Crippen molar-refractivity contribution in [1.29, 1.82) is 0 Å². The number of rotatable bonds is 3. The van der Waals surface area contributed by atoms with E-state index in [1.54, 1.807) is 0 Å². The van der Waals surface area contributed by atoms with Crippen LogP contribution in [0.15, 0.2) is 10.8 Å². The number of hydrogen-bond donors (Lipinski definition) is 2. The van der Waals surface area contributed by atoms with Gasteiger partial charge in [0.25, 0.3) is 0 Å². The van der Waals surface area contributed by atoms with Crippen LogP contribution in [0.4, 0.5) is 0 Å². The number of nitrogens with zero attached hydrogens (tertiary/aromatic N) is 2. The molecule has 0 spiro atoms. The van der Waals surface area contributed by atoms with Gasteiger partial charge in [-0.15, -0.1) is 35.1 Å². The van der Waals surface area contributed by atoms with E-state index < -0.39 is 5.97 Å². The van der Waals surface area contributed by atoms with Gasteiger partial charge in [0.2, 0.25) is 0 Å². The van der Waals surface area contributed by atoms with Gasteiger partial charge >= 0.3 is 5.97 Å². The lowest BCUT2D eigenvalue weighted by molar-refractivity contribution is 0.0691. The van der Waals surface area contributed by atoms with Gasteiger partial charge in [-0.25, -0.2) is 14.8 Å². The number of thiazole rings is 2. The van der Waals surface area contributed by atoms with Gasteiger partial charge in [-0.05, 0) is 0 Å². The zero-order chi connectivity index (χ0) is 10.8. The molecule has 8 heteroatoms. The van der Waals surface area contributed by atoms with Gasteiger partial charge < -0.3 is 10.8 Å². The summed E-state index contributed by atoms with van der Waals surface area (Å²) in [5.41, 5.74) is 6.18. The fraction of sp³-hybridized carbons (Fsp3) is 0.125. The van der Waals surface area contributed by atoms with Crippen LogP contribution in [-0.2, 0) is 6.54 Å². The molecule has 0 aliphatic carbocycles. The van der Waals surface area contributed by atoms with E-state index in [4.69, 9.17) is 10.8 Å². The topological polar surface area (TPSA) is 89.1 Å². The standard InChI is InChI=1S/C8H7N3O2S2.ClH/c9-1-6-10-4(2-14-6)7-11-5(3-15-7)8(12)13;/h2-3H,1,9H2,(H,12,13);1H. The SMILES string of the molecule is Cl.NCc1nc(-c2nc(C(=O)O)cs2)cs1. The number of carboxylic acid groups (broad SMARTS) is 1. The second-order valence-electron chi connectivity index (χ2n) is 2.67. The minimum absolute atomic E-state index is 0. The molecule has 0 saturated carbocycles. The molecule has 0 atom stereocenters. The smallest absolute Gasteiger partial charge is 0.355 e. The van der Waals surface area contributed by atoms with Gasteiger partial charge in [0, 0.05) is 17.3 Å². The van der Waals surface area contributed by atoms with Crippen LogP contribution in [0.25, 0.3) is 10.7 Å².